The molecule has 0 bridgehead atoms. The molecule has 2 fully saturated rings. The second-order valence-corrected chi connectivity index (χ2v) is 9.77. The molecule has 0 saturated carbocycles. The summed E-state index contributed by atoms with van der Waals surface area (Å²) in [6, 6.07) is 7.67. The van der Waals surface area contributed by atoms with E-state index in [0.29, 0.717) is 23.6 Å². The lowest BCUT2D eigenvalue weighted by molar-refractivity contribution is -0.0712. The fourth-order valence-corrected chi connectivity index (χ4v) is 5.33. The first-order chi connectivity index (χ1) is 15.4. The summed E-state index contributed by atoms with van der Waals surface area (Å²) in [5.74, 6) is 7.10. The summed E-state index contributed by atoms with van der Waals surface area (Å²) in [7, 11) is 0. The van der Waals surface area contributed by atoms with Crippen molar-refractivity contribution in [1.82, 2.24) is 14.9 Å². The van der Waals surface area contributed by atoms with Crippen LogP contribution >= 0.6 is 0 Å². The van der Waals surface area contributed by atoms with Gasteiger partial charge >= 0.3 is 0 Å². The molecule has 5 N–H and O–H groups in total. The van der Waals surface area contributed by atoms with E-state index < -0.39 is 0 Å². The highest BCUT2D eigenvalue weighted by molar-refractivity contribution is 5.92. The summed E-state index contributed by atoms with van der Waals surface area (Å²) >= 11 is 0. The number of rotatable bonds is 4. The van der Waals surface area contributed by atoms with Gasteiger partial charge in [0.05, 0.1) is 30.6 Å². The van der Waals surface area contributed by atoms with Crippen LogP contribution in [-0.2, 0) is 4.74 Å². The number of hydrogen-bond acceptors (Lipinski definition) is 5. The van der Waals surface area contributed by atoms with Gasteiger partial charge in [-0.2, -0.15) is 0 Å². The van der Waals surface area contributed by atoms with Gasteiger partial charge in [0.15, 0.2) is 0 Å². The van der Waals surface area contributed by atoms with Crippen molar-refractivity contribution in [2.45, 2.75) is 51.5 Å². The van der Waals surface area contributed by atoms with Crippen molar-refractivity contribution in [2.24, 2.45) is 11.6 Å². The summed E-state index contributed by atoms with van der Waals surface area (Å²) in [5, 5.41) is 2.92. The van der Waals surface area contributed by atoms with Crippen molar-refractivity contribution < 1.29 is 4.74 Å². The third-order valence-corrected chi connectivity index (χ3v) is 7.26. The predicted octanol–water partition coefficient (Wildman–Crippen LogP) is 4.15. The molecular weight excluding hydrogens is 398 g/mol. The fourth-order valence-electron chi connectivity index (χ4n) is 5.33. The summed E-state index contributed by atoms with van der Waals surface area (Å²) in [6.45, 7) is 10.6. The number of hydrazine groups is 1. The van der Waals surface area contributed by atoms with Crippen molar-refractivity contribution in [2.75, 3.05) is 26.3 Å². The molecule has 3 aliphatic heterocycles. The summed E-state index contributed by atoms with van der Waals surface area (Å²) in [5.41, 5.74) is 13.9. The third kappa shape index (κ3) is 3.76. The molecule has 1 aromatic heterocycles. The zero-order valence-corrected chi connectivity index (χ0v) is 19.4. The number of allylic oxidation sites excluding steroid dienone is 4. The molecule has 0 atom stereocenters. The van der Waals surface area contributed by atoms with Crippen LogP contribution < -0.4 is 11.6 Å². The van der Waals surface area contributed by atoms with Crippen LogP contribution in [0.15, 0.2) is 47.9 Å². The molecule has 0 amide bonds. The summed E-state index contributed by atoms with van der Waals surface area (Å²) < 4.78 is 5.39. The monoisotopic (exact) mass is 433 g/mol. The van der Waals surface area contributed by atoms with Crippen LogP contribution in [-0.4, -0.2) is 47.2 Å². The summed E-state index contributed by atoms with van der Waals surface area (Å²) in [4.78, 5) is 6.30. The van der Waals surface area contributed by atoms with Crippen LogP contribution in [0.1, 0.15) is 62.3 Å². The SMILES string of the molecule is C/C(N)=C1\C=C(c2[nH]c3ccc(C4CCN(C5COC5)CC4)cc3c2C(C)C)C=CN1N. The maximum Gasteiger partial charge on any atom is 0.0759 e. The smallest absolute Gasteiger partial charge is 0.0759 e. The largest absolute Gasteiger partial charge is 0.401 e. The second-order valence-electron chi connectivity index (χ2n) is 9.77. The van der Waals surface area contributed by atoms with E-state index >= 15 is 0 Å². The Hall–Kier alpha value is -2.54. The van der Waals surface area contributed by atoms with E-state index in [9.17, 15) is 0 Å². The van der Waals surface area contributed by atoms with Gasteiger partial charge in [0.1, 0.15) is 0 Å². The molecule has 2 saturated heterocycles. The Kier molecular flexibility index (Phi) is 5.61. The molecular formula is C26H35N5O. The minimum atomic E-state index is 0.395. The van der Waals surface area contributed by atoms with Crippen LogP contribution in [0.5, 0.6) is 0 Å². The number of aromatic amines is 1. The molecule has 0 radical (unpaired) electrons. The van der Waals surface area contributed by atoms with Gasteiger partial charge in [0.2, 0.25) is 0 Å². The number of benzene rings is 1. The van der Waals surface area contributed by atoms with Crippen LogP contribution in [0.4, 0.5) is 0 Å². The van der Waals surface area contributed by atoms with Crippen LogP contribution in [0.2, 0.25) is 0 Å². The van der Waals surface area contributed by atoms with Crippen LogP contribution in [0, 0.1) is 0 Å². The average molecular weight is 434 g/mol. The molecule has 3 aliphatic rings. The second kappa shape index (κ2) is 8.43. The van der Waals surface area contributed by atoms with Crippen molar-refractivity contribution in [3.63, 3.8) is 0 Å². The molecule has 0 aliphatic carbocycles. The Morgan fingerprint density at radius 1 is 1.19 bits per heavy atom. The van der Waals surface area contributed by atoms with Gasteiger partial charge in [-0.15, -0.1) is 0 Å². The standard InChI is InChI=1S/C26H35N5O/c1-16(2)25-22-12-19(18-6-9-30(10-7-18)21-14-32-15-21)4-5-23(22)29-26(25)20-8-11-31(28)24(13-20)17(3)27/h4-5,8,11-13,16,18,21,29H,6-7,9-10,14-15,27-28H2,1-3H3/b24-17-. The molecule has 1 aromatic carbocycles. The Morgan fingerprint density at radius 3 is 2.56 bits per heavy atom. The first-order valence-corrected chi connectivity index (χ1v) is 11.8. The highest BCUT2D eigenvalue weighted by Crippen LogP contribution is 2.38. The normalized spacial score (nSPS) is 22.5. The van der Waals surface area contributed by atoms with E-state index in [4.69, 9.17) is 16.3 Å². The highest BCUT2D eigenvalue weighted by atomic mass is 16.5. The zero-order valence-electron chi connectivity index (χ0n) is 19.4. The van der Waals surface area contributed by atoms with Crippen LogP contribution in [0.3, 0.4) is 0 Å². The number of nitrogens with two attached hydrogens (primary N) is 2. The lowest BCUT2D eigenvalue weighted by Crippen LogP contribution is -2.51. The topological polar surface area (TPSA) is 83.5 Å². The molecule has 6 heteroatoms. The first kappa shape index (κ1) is 21.3. The summed E-state index contributed by atoms with van der Waals surface area (Å²) in [6.07, 6.45) is 8.46. The van der Waals surface area contributed by atoms with Gasteiger partial charge in [-0.05, 0) is 80.1 Å². The van der Waals surface area contributed by atoms with Crippen LogP contribution in [0.25, 0.3) is 16.5 Å². The van der Waals surface area contributed by atoms with Gasteiger partial charge in [0.25, 0.3) is 0 Å². The number of ether oxygens (including phenoxy) is 1. The average Bonchev–Trinajstić information content (AvgIpc) is 3.12. The first-order valence-electron chi connectivity index (χ1n) is 11.8. The molecule has 0 spiro atoms. The van der Waals surface area contributed by atoms with E-state index in [2.05, 4.69) is 54.1 Å². The molecule has 0 unspecified atom stereocenters. The fraction of sp³-hybridized carbons (Fsp3) is 0.462. The van der Waals surface area contributed by atoms with Gasteiger partial charge in [-0.1, -0.05) is 19.9 Å². The molecule has 6 nitrogen and oxygen atoms in total. The van der Waals surface area contributed by atoms with Crippen molar-refractivity contribution in [1.29, 1.82) is 0 Å². The molecule has 4 heterocycles. The number of fused-ring (bicyclic) bond motifs is 1. The highest BCUT2D eigenvalue weighted by Gasteiger charge is 2.30. The van der Waals surface area contributed by atoms with E-state index in [1.54, 1.807) is 5.01 Å². The maximum absolute atomic E-state index is 6.08. The number of H-pyrrole nitrogens is 1. The van der Waals surface area contributed by atoms with Crippen molar-refractivity contribution in [3.8, 4) is 0 Å². The number of hydrogen-bond donors (Lipinski definition) is 3. The lowest BCUT2D eigenvalue weighted by Gasteiger charge is -2.41. The Morgan fingerprint density at radius 2 is 1.94 bits per heavy atom. The molecule has 32 heavy (non-hydrogen) atoms. The van der Waals surface area contributed by atoms with E-state index in [0.717, 1.165) is 30.2 Å². The van der Waals surface area contributed by atoms with E-state index in [1.807, 2.05) is 13.1 Å². The van der Waals surface area contributed by atoms with Crippen molar-refractivity contribution >= 4 is 16.5 Å². The van der Waals surface area contributed by atoms with Gasteiger partial charge in [0, 0.05) is 28.4 Å². The number of nitrogens with zero attached hydrogens (tertiary/aromatic N) is 2. The number of nitrogens with one attached hydrogen (secondary N) is 1. The Bertz CT molecular complexity index is 1090. The zero-order chi connectivity index (χ0) is 22.4. The van der Waals surface area contributed by atoms with E-state index in [-0.39, 0.29) is 0 Å². The molecule has 5 rings (SSSR count). The Labute approximate surface area is 190 Å². The number of likely N-dealkylation sites (tertiary alicyclic amines) is 1. The third-order valence-electron chi connectivity index (χ3n) is 7.26. The van der Waals surface area contributed by atoms with Gasteiger partial charge in [-0.3, -0.25) is 9.91 Å². The minimum Gasteiger partial charge on any atom is -0.401 e. The maximum atomic E-state index is 6.08. The minimum absolute atomic E-state index is 0.395. The number of aromatic nitrogens is 1. The predicted molar refractivity (Wildman–Crippen MR) is 131 cm³/mol. The lowest BCUT2D eigenvalue weighted by atomic mass is 9.87. The Balaban J connectivity index is 1.48. The molecule has 2 aromatic rings. The van der Waals surface area contributed by atoms with Gasteiger partial charge < -0.3 is 15.5 Å². The quantitative estimate of drug-likeness (QED) is 0.631. The number of piperidine rings is 1. The van der Waals surface area contributed by atoms with Gasteiger partial charge in [-0.25, -0.2) is 5.84 Å². The van der Waals surface area contributed by atoms with E-state index in [1.165, 1.54) is 48.0 Å². The molecule has 170 valence electrons. The van der Waals surface area contributed by atoms with Crippen molar-refractivity contribution in [3.05, 3.63) is 64.8 Å².